The monoisotopic (exact) mass is 330 g/mol. The standard InChI is InChI=1S/C17H22N4O3/c22-15(14-11-18-7-10-24-14)21-8-5-17(6-9-21)16(23)19-12-3-1-2-4-13(12)20-17/h1-4,14,18,20H,5-11H2,(H,19,23). The minimum atomic E-state index is -0.628. The summed E-state index contributed by atoms with van der Waals surface area (Å²) in [5.41, 5.74) is 1.13. The van der Waals surface area contributed by atoms with Crippen LogP contribution in [-0.4, -0.2) is 61.1 Å². The number of para-hydroxylation sites is 2. The summed E-state index contributed by atoms with van der Waals surface area (Å²) in [6, 6.07) is 7.70. The van der Waals surface area contributed by atoms with Crippen molar-refractivity contribution in [2.45, 2.75) is 24.5 Å². The fourth-order valence-corrected chi connectivity index (χ4v) is 3.65. The van der Waals surface area contributed by atoms with E-state index in [1.165, 1.54) is 0 Å². The van der Waals surface area contributed by atoms with Crippen molar-refractivity contribution in [2.24, 2.45) is 0 Å². The van der Waals surface area contributed by atoms with Gasteiger partial charge in [-0.3, -0.25) is 9.59 Å². The highest BCUT2D eigenvalue weighted by atomic mass is 16.5. The molecular weight excluding hydrogens is 308 g/mol. The largest absolute Gasteiger partial charge is 0.369 e. The zero-order chi connectivity index (χ0) is 16.6. The van der Waals surface area contributed by atoms with Gasteiger partial charge in [0.25, 0.3) is 5.91 Å². The number of anilines is 2. The number of piperidine rings is 1. The number of rotatable bonds is 1. The van der Waals surface area contributed by atoms with Crippen molar-refractivity contribution >= 4 is 23.2 Å². The van der Waals surface area contributed by atoms with Crippen LogP contribution in [0.1, 0.15) is 12.8 Å². The third-order valence-corrected chi connectivity index (χ3v) is 5.12. The first-order valence-electron chi connectivity index (χ1n) is 8.48. The van der Waals surface area contributed by atoms with E-state index in [1.807, 2.05) is 29.2 Å². The van der Waals surface area contributed by atoms with Crippen LogP contribution in [-0.2, 0) is 14.3 Å². The van der Waals surface area contributed by atoms with Crippen molar-refractivity contribution in [3.8, 4) is 0 Å². The molecule has 0 radical (unpaired) electrons. The fraction of sp³-hybridized carbons (Fsp3) is 0.529. The van der Waals surface area contributed by atoms with Gasteiger partial charge in [-0.15, -0.1) is 0 Å². The Kier molecular flexibility index (Phi) is 3.90. The highest BCUT2D eigenvalue weighted by Crippen LogP contribution is 2.36. The number of fused-ring (bicyclic) bond motifs is 1. The first-order chi connectivity index (χ1) is 11.7. The first-order valence-corrected chi connectivity index (χ1v) is 8.48. The highest BCUT2D eigenvalue weighted by molar-refractivity contribution is 6.06. The Morgan fingerprint density at radius 3 is 2.67 bits per heavy atom. The van der Waals surface area contributed by atoms with Crippen LogP contribution in [0.2, 0.25) is 0 Å². The normalized spacial score (nSPS) is 25.6. The molecule has 3 aliphatic rings. The molecule has 1 atom stereocenters. The van der Waals surface area contributed by atoms with Gasteiger partial charge >= 0.3 is 0 Å². The molecule has 0 bridgehead atoms. The molecule has 1 unspecified atom stereocenters. The molecule has 128 valence electrons. The van der Waals surface area contributed by atoms with E-state index in [2.05, 4.69) is 16.0 Å². The maximum Gasteiger partial charge on any atom is 0.253 e. The van der Waals surface area contributed by atoms with Crippen molar-refractivity contribution in [1.82, 2.24) is 10.2 Å². The average molecular weight is 330 g/mol. The molecule has 24 heavy (non-hydrogen) atoms. The summed E-state index contributed by atoms with van der Waals surface area (Å²) in [5, 5.41) is 9.58. The Hall–Kier alpha value is -2.12. The van der Waals surface area contributed by atoms with Crippen LogP contribution in [0.25, 0.3) is 0 Å². The zero-order valence-corrected chi connectivity index (χ0v) is 13.5. The van der Waals surface area contributed by atoms with Crippen LogP contribution in [0.4, 0.5) is 11.4 Å². The Labute approximate surface area is 140 Å². The number of carbonyl (C=O) groups is 2. The number of hydrogen-bond donors (Lipinski definition) is 3. The molecule has 3 N–H and O–H groups in total. The topological polar surface area (TPSA) is 82.7 Å². The summed E-state index contributed by atoms with van der Waals surface area (Å²) in [4.78, 5) is 27.0. The highest BCUT2D eigenvalue weighted by Gasteiger charge is 2.45. The summed E-state index contributed by atoms with van der Waals surface area (Å²) >= 11 is 0. The number of nitrogens with one attached hydrogen (secondary N) is 3. The van der Waals surface area contributed by atoms with Crippen molar-refractivity contribution < 1.29 is 14.3 Å². The number of likely N-dealkylation sites (tertiary alicyclic amines) is 1. The van der Waals surface area contributed by atoms with Gasteiger partial charge in [0.15, 0.2) is 0 Å². The average Bonchev–Trinajstić information content (AvgIpc) is 2.63. The second kappa shape index (κ2) is 6.07. The molecule has 1 aromatic carbocycles. The molecule has 1 aromatic rings. The number of carbonyl (C=O) groups excluding carboxylic acids is 2. The SMILES string of the molecule is O=C(C1CNCCO1)N1CCC2(CC1)Nc1ccccc1NC2=O. The Morgan fingerprint density at radius 1 is 1.21 bits per heavy atom. The van der Waals surface area contributed by atoms with Gasteiger partial charge in [-0.2, -0.15) is 0 Å². The number of amides is 2. The van der Waals surface area contributed by atoms with Crippen LogP contribution < -0.4 is 16.0 Å². The number of ether oxygens (including phenoxy) is 1. The second-order valence-corrected chi connectivity index (χ2v) is 6.60. The summed E-state index contributed by atoms with van der Waals surface area (Å²) in [6.07, 6.45) is 0.791. The third-order valence-electron chi connectivity index (χ3n) is 5.12. The van der Waals surface area contributed by atoms with Gasteiger partial charge in [-0.1, -0.05) is 12.1 Å². The molecule has 2 saturated heterocycles. The molecule has 3 heterocycles. The molecule has 0 aromatic heterocycles. The smallest absolute Gasteiger partial charge is 0.253 e. The van der Waals surface area contributed by atoms with E-state index in [-0.39, 0.29) is 11.8 Å². The number of benzene rings is 1. The number of hydrogen-bond acceptors (Lipinski definition) is 5. The quantitative estimate of drug-likeness (QED) is 0.694. The third kappa shape index (κ3) is 2.63. The molecule has 1 spiro atoms. The molecular formula is C17H22N4O3. The molecule has 2 amide bonds. The molecule has 7 nitrogen and oxygen atoms in total. The van der Waals surface area contributed by atoms with Crippen LogP contribution >= 0.6 is 0 Å². The molecule has 3 aliphatic heterocycles. The molecule has 0 aliphatic carbocycles. The molecule has 4 rings (SSSR count). The van der Waals surface area contributed by atoms with E-state index < -0.39 is 11.6 Å². The predicted molar refractivity (Wildman–Crippen MR) is 89.8 cm³/mol. The van der Waals surface area contributed by atoms with Crippen LogP contribution in [0.5, 0.6) is 0 Å². The lowest BCUT2D eigenvalue weighted by Crippen LogP contribution is -2.60. The Bertz CT molecular complexity index is 649. The van der Waals surface area contributed by atoms with E-state index in [1.54, 1.807) is 0 Å². The Morgan fingerprint density at radius 2 is 1.96 bits per heavy atom. The number of nitrogens with zero attached hydrogens (tertiary/aromatic N) is 1. The minimum absolute atomic E-state index is 0.0103. The van der Waals surface area contributed by atoms with E-state index in [9.17, 15) is 9.59 Å². The van der Waals surface area contributed by atoms with Gasteiger partial charge in [0, 0.05) is 26.2 Å². The lowest BCUT2D eigenvalue weighted by Gasteiger charge is -2.45. The van der Waals surface area contributed by atoms with Gasteiger partial charge in [0.1, 0.15) is 11.6 Å². The van der Waals surface area contributed by atoms with Crippen molar-refractivity contribution in [3.63, 3.8) is 0 Å². The van der Waals surface area contributed by atoms with Crippen LogP contribution in [0.15, 0.2) is 24.3 Å². The maximum absolute atomic E-state index is 12.6. The number of morpholine rings is 1. The maximum atomic E-state index is 12.6. The van der Waals surface area contributed by atoms with Gasteiger partial charge in [-0.05, 0) is 25.0 Å². The molecule has 0 saturated carbocycles. The van der Waals surface area contributed by atoms with Crippen molar-refractivity contribution in [1.29, 1.82) is 0 Å². The van der Waals surface area contributed by atoms with Gasteiger partial charge in [-0.25, -0.2) is 0 Å². The Balaban J connectivity index is 1.44. The van der Waals surface area contributed by atoms with E-state index in [0.29, 0.717) is 39.1 Å². The zero-order valence-electron chi connectivity index (χ0n) is 13.5. The van der Waals surface area contributed by atoms with Crippen LogP contribution in [0.3, 0.4) is 0 Å². The summed E-state index contributed by atoms with van der Waals surface area (Å²) in [7, 11) is 0. The molecule has 7 heteroatoms. The summed E-state index contributed by atoms with van der Waals surface area (Å²) in [5.74, 6) is 0.0116. The second-order valence-electron chi connectivity index (χ2n) is 6.60. The lowest BCUT2D eigenvalue weighted by molar-refractivity contribution is -0.147. The summed E-state index contributed by atoms with van der Waals surface area (Å²) in [6.45, 7) is 3.03. The van der Waals surface area contributed by atoms with E-state index >= 15 is 0 Å². The molecule has 2 fully saturated rings. The van der Waals surface area contributed by atoms with E-state index in [0.717, 1.165) is 17.9 Å². The minimum Gasteiger partial charge on any atom is -0.369 e. The van der Waals surface area contributed by atoms with Crippen molar-refractivity contribution in [2.75, 3.05) is 43.4 Å². The fourth-order valence-electron chi connectivity index (χ4n) is 3.65. The van der Waals surface area contributed by atoms with Crippen molar-refractivity contribution in [3.05, 3.63) is 24.3 Å². The van der Waals surface area contributed by atoms with Crippen LogP contribution in [0, 0.1) is 0 Å². The van der Waals surface area contributed by atoms with E-state index in [4.69, 9.17) is 4.74 Å². The lowest BCUT2D eigenvalue weighted by atomic mass is 9.84. The van der Waals surface area contributed by atoms with Gasteiger partial charge in [0.2, 0.25) is 5.91 Å². The van der Waals surface area contributed by atoms with Gasteiger partial charge < -0.3 is 25.6 Å². The summed E-state index contributed by atoms with van der Waals surface area (Å²) < 4.78 is 5.55. The predicted octanol–water partition coefficient (Wildman–Crippen LogP) is 0.400. The van der Waals surface area contributed by atoms with Gasteiger partial charge in [0.05, 0.1) is 18.0 Å². The first kappa shape index (κ1) is 15.4.